The molecule has 0 fully saturated rings. The topological polar surface area (TPSA) is 59.1 Å². The third-order valence-corrected chi connectivity index (χ3v) is 3.53. The van der Waals surface area contributed by atoms with E-state index in [0.717, 1.165) is 38.9 Å². The summed E-state index contributed by atoms with van der Waals surface area (Å²) in [5.74, 6) is 3.13. The van der Waals surface area contributed by atoms with Crippen LogP contribution >= 0.6 is 15.9 Å². The summed E-state index contributed by atoms with van der Waals surface area (Å²) in [6.07, 6.45) is 0. The maximum Gasteiger partial charge on any atom is 0.139 e. The van der Waals surface area contributed by atoms with Crippen LogP contribution in [0.3, 0.4) is 0 Å². The summed E-state index contributed by atoms with van der Waals surface area (Å²) in [5, 5.41) is 6.37. The fourth-order valence-corrected chi connectivity index (χ4v) is 2.42. The van der Waals surface area contributed by atoms with Gasteiger partial charge in [-0.05, 0) is 48.0 Å². The molecule has 0 aliphatic rings. The van der Waals surface area contributed by atoms with Crippen molar-refractivity contribution in [2.75, 3.05) is 24.8 Å². The second-order valence-corrected chi connectivity index (χ2v) is 5.17. The van der Waals surface area contributed by atoms with Crippen molar-refractivity contribution in [1.82, 2.24) is 9.97 Å². The molecule has 2 aromatic rings. The maximum absolute atomic E-state index is 5.22. The van der Waals surface area contributed by atoms with Crippen molar-refractivity contribution in [3.8, 4) is 5.75 Å². The van der Waals surface area contributed by atoms with E-state index in [0.29, 0.717) is 0 Å². The predicted molar refractivity (Wildman–Crippen MR) is 85.0 cm³/mol. The summed E-state index contributed by atoms with van der Waals surface area (Å²) in [6, 6.07) is 5.79. The quantitative estimate of drug-likeness (QED) is 0.892. The van der Waals surface area contributed by atoms with Crippen molar-refractivity contribution < 1.29 is 4.74 Å². The summed E-state index contributed by atoms with van der Waals surface area (Å²) in [4.78, 5) is 8.79. The molecule has 1 aromatic heterocycles. The van der Waals surface area contributed by atoms with Gasteiger partial charge < -0.3 is 15.4 Å². The molecular weight excluding hydrogens is 320 g/mol. The van der Waals surface area contributed by atoms with Gasteiger partial charge in [0.2, 0.25) is 0 Å². The zero-order valence-corrected chi connectivity index (χ0v) is 13.5. The molecule has 1 heterocycles. The smallest absolute Gasteiger partial charge is 0.139 e. The van der Waals surface area contributed by atoms with E-state index >= 15 is 0 Å². The van der Waals surface area contributed by atoms with Gasteiger partial charge in [0.25, 0.3) is 0 Å². The van der Waals surface area contributed by atoms with E-state index in [2.05, 4.69) is 36.5 Å². The van der Waals surface area contributed by atoms with E-state index in [1.165, 1.54) is 0 Å². The number of ether oxygens (including phenoxy) is 1. The number of halogens is 1. The first kappa shape index (κ1) is 14.6. The monoisotopic (exact) mass is 336 g/mol. The first-order valence-electron chi connectivity index (χ1n) is 6.18. The molecule has 20 heavy (non-hydrogen) atoms. The molecule has 0 atom stereocenters. The van der Waals surface area contributed by atoms with Crippen LogP contribution in [0.1, 0.15) is 11.4 Å². The highest BCUT2D eigenvalue weighted by atomic mass is 79.9. The fourth-order valence-electron chi connectivity index (χ4n) is 1.87. The van der Waals surface area contributed by atoms with E-state index in [1.807, 2.05) is 39.1 Å². The molecular formula is C14H17BrN4O. The number of benzene rings is 1. The van der Waals surface area contributed by atoms with Crippen LogP contribution in [0.2, 0.25) is 0 Å². The summed E-state index contributed by atoms with van der Waals surface area (Å²) < 4.78 is 6.11. The van der Waals surface area contributed by atoms with Gasteiger partial charge in [0.05, 0.1) is 11.6 Å². The van der Waals surface area contributed by atoms with Crippen molar-refractivity contribution in [2.45, 2.75) is 13.8 Å². The fraction of sp³-hybridized carbons (Fsp3) is 0.286. The van der Waals surface area contributed by atoms with Crippen molar-refractivity contribution in [2.24, 2.45) is 0 Å². The van der Waals surface area contributed by atoms with Crippen molar-refractivity contribution >= 4 is 33.3 Å². The van der Waals surface area contributed by atoms with Crippen LogP contribution in [0.5, 0.6) is 5.75 Å². The van der Waals surface area contributed by atoms with Gasteiger partial charge in [-0.3, -0.25) is 0 Å². The first-order chi connectivity index (χ1) is 9.55. The predicted octanol–water partition coefficient (Wildman–Crippen LogP) is 3.65. The highest BCUT2D eigenvalue weighted by molar-refractivity contribution is 9.10. The number of hydrogen-bond donors (Lipinski definition) is 2. The Morgan fingerprint density at radius 1 is 1.15 bits per heavy atom. The van der Waals surface area contributed by atoms with Crippen molar-refractivity contribution in [1.29, 1.82) is 0 Å². The molecule has 0 aliphatic heterocycles. The van der Waals surface area contributed by atoms with Crippen LogP contribution < -0.4 is 15.4 Å². The molecule has 0 amide bonds. The summed E-state index contributed by atoms with van der Waals surface area (Å²) in [6.45, 7) is 3.85. The lowest BCUT2D eigenvalue weighted by molar-refractivity contribution is 0.412. The lowest BCUT2D eigenvalue weighted by Crippen LogP contribution is -2.05. The number of nitrogens with zero attached hydrogens (tertiary/aromatic N) is 2. The van der Waals surface area contributed by atoms with Gasteiger partial charge in [0.1, 0.15) is 23.2 Å². The molecule has 106 valence electrons. The lowest BCUT2D eigenvalue weighted by atomic mass is 10.2. The molecule has 0 radical (unpaired) electrons. The minimum atomic E-state index is 0.718. The van der Waals surface area contributed by atoms with E-state index in [9.17, 15) is 0 Å². The Labute approximate surface area is 126 Å². The van der Waals surface area contributed by atoms with Crippen LogP contribution in [0.15, 0.2) is 22.7 Å². The van der Waals surface area contributed by atoms with E-state index in [4.69, 9.17) is 4.74 Å². The number of aryl methyl sites for hydroxylation is 1. The second kappa shape index (κ2) is 6.09. The molecule has 0 spiro atoms. The Bertz CT molecular complexity index is 631. The molecule has 2 N–H and O–H groups in total. The number of anilines is 3. The van der Waals surface area contributed by atoms with Gasteiger partial charge in [0.15, 0.2) is 0 Å². The molecule has 0 unspecified atom stereocenters. The molecule has 2 rings (SSSR count). The number of nitrogens with one attached hydrogen (secondary N) is 2. The van der Waals surface area contributed by atoms with Gasteiger partial charge in [-0.25, -0.2) is 9.97 Å². The van der Waals surface area contributed by atoms with Gasteiger partial charge in [-0.2, -0.15) is 0 Å². The van der Waals surface area contributed by atoms with Gasteiger partial charge in [0, 0.05) is 18.3 Å². The van der Waals surface area contributed by atoms with E-state index in [1.54, 1.807) is 7.11 Å². The highest BCUT2D eigenvalue weighted by Crippen LogP contribution is 2.30. The summed E-state index contributed by atoms with van der Waals surface area (Å²) in [5.41, 5.74) is 1.91. The molecule has 5 nitrogen and oxygen atoms in total. The standard InChI is InChI=1S/C14H17BrN4O/c1-8-13(16-3)17-9(2)18-14(8)19-10-5-6-12(20-4)11(15)7-10/h5-7H,1-4H3,(H2,16,17,18,19). The number of methoxy groups -OCH3 is 1. The molecule has 0 bridgehead atoms. The van der Waals surface area contributed by atoms with Crippen molar-refractivity contribution in [3.05, 3.63) is 34.1 Å². The summed E-state index contributed by atoms with van der Waals surface area (Å²) >= 11 is 3.47. The van der Waals surface area contributed by atoms with E-state index in [-0.39, 0.29) is 0 Å². The first-order valence-corrected chi connectivity index (χ1v) is 6.98. The van der Waals surface area contributed by atoms with Crippen LogP contribution in [-0.2, 0) is 0 Å². The molecule has 0 saturated heterocycles. The van der Waals surface area contributed by atoms with Crippen LogP contribution in [-0.4, -0.2) is 24.1 Å². The minimum absolute atomic E-state index is 0.718. The van der Waals surface area contributed by atoms with Gasteiger partial charge in [-0.1, -0.05) is 0 Å². The number of aromatic nitrogens is 2. The number of hydrogen-bond acceptors (Lipinski definition) is 5. The molecule has 0 aliphatic carbocycles. The largest absolute Gasteiger partial charge is 0.496 e. The average molecular weight is 337 g/mol. The summed E-state index contributed by atoms with van der Waals surface area (Å²) in [7, 11) is 3.49. The zero-order valence-electron chi connectivity index (χ0n) is 11.9. The van der Waals surface area contributed by atoms with Crippen LogP contribution in [0.4, 0.5) is 17.3 Å². The molecule has 1 aromatic carbocycles. The molecule has 0 saturated carbocycles. The SMILES string of the molecule is CNc1nc(C)nc(Nc2ccc(OC)c(Br)c2)c1C. The Morgan fingerprint density at radius 2 is 1.85 bits per heavy atom. The van der Waals surface area contributed by atoms with E-state index < -0.39 is 0 Å². The third kappa shape index (κ3) is 3.01. The Balaban J connectivity index is 2.34. The van der Waals surface area contributed by atoms with Crippen LogP contribution in [0, 0.1) is 13.8 Å². The maximum atomic E-state index is 5.22. The lowest BCUT2D eigenvalue weighted by Gasteiger charge is -2.13. The Hall–Kier alpha value is -1.82. The Kier molecular flexibility index (Phi) is 4.44. The average Bonchev–Trinajstić information content (AvgIpc) is 2.42. The third-order valence-electron chi connectivity index (χ3n) is 2.91. The number of rotatable bonds is 4. The highest BCUT2D eigenvalue weighted by Gasteiger charge is 2.09. The second-order valence-electron chi connectivity index (χ2n) is 4.32. The minimum Gasteiger partial charge on any atom is -0.496 e. The Morgan fingerprint density at radius 3 is 2.45 bits per heavy atom. The van der Waals surface area contributed by atoms with Crippen molar-refractivity contribution in [3.63, 3.8) is 0 Å². The molecule has 6 heteroatoms. The zero-order chi connectivity index (χ0) is 14.7. The normalized spacial score (nSPS) is 10.2. The van der Waals surface area contributed by atoms with Gasteiger partial charge >= 0.3 is 0 Å². The van der Waals surface area contributed by atoms with Crippen LogP contribution in [0.25, 0.3) is 0 Å². The van der Waals surface area contributed by atoms with Gasteiger partial charge in [-0.15, -0.1) is 0 Å².